The molecule has 2 aromatic carbocycles. The van der Waals surface area contributed by atoms with Crippen molar-refractivity contribution >= 4 is 17.7 Å². The predicted molar refractivity (Wildman–Crippen MR) is 125 cm³/mol. The lowest BCUT2D eigenvalue weighted by Crippen LogP contribution is -2.22. The average molecular weight is 496 g/mol. The smallest absolute Gasteiger partial charge is 0.416 e. The van der Waals surface area contributed by atoms with Gasteiger partial charge in [-0.25, -0.2) is 9.78 Å². The normalized spacial score (nSPS) is 11.0. The number of amides is 2. The van der Waals surface area contributed by atoms with Gasteiger partial charge in [0.2, 0.25) is 5.88 Å². The summed E-state index contributed by atoms with van der Waals surface area (Å²) in [5.74, 6) is 0.329. The molecule has 0 aliphatic rings. The number of carbonyl (C=O) groups is 2. The van der Waals surface area contributed by atoms with E-state index >= 15 is 0 Å². The molecule has 0 spiro atoms. The highest BCUT2D eigenvalue weighted by Gasteiger charge is 2.30. The van der Waals surface area contributed by atoms with E-state index in [2.05, 4.69) is 20.6 Å². The van der Waals surface area contributed by atoms with Crippen LogP contribution in [0.3, 0.4) is 0 Å². The Bertz CT molecular complexity index is 1400. The summed E-state index contributed by atoms with van der Waals surface area (Å²) in [5, 5.41) is 4.78. The number of pyridine rings is 1. The largest absolute Gasteiger partial charge is 0.457 e. The number of aromatic nitrogens is 2. The summed E-state index contributed by atoms with van der Waals surface area (Å²) in [5.41, 5.74) is 0.717. The lowest BCUT2D eigenvalue weighted by molar-refractivity contribution is -0.137. The molecule has 8 nitrogen and oxygen atoms in total. The Kier molecular flexibility index (Phi) is 6.91. The second kappa shape index (κ2) is 10.2. The van der Waals surface area contributed by atoms with Crippen LogP contribution in [-0.2, 0) is 6.18 Å². The van der Waals surface area contributed by atoms with E-state index in [0.717, 1.165) is 17.7 Å². The van der Waals surface area contributed by atoms with Crippen LogP contribution in [0.4, 0.5) is 23.7 Å². The number of H-pyrrole nitrogens is 1. The molecule has 0 aliphatic carbocycles. The molecular weight excluding hydrogens is 477 g/mol. The van der Waals surface area contributed by atoms with Gasteiger partial charge in [-0.1, -0.05) is 18.2 Å². The second-order valence-electron chi connectivity index (χ2n) is 7.43. The number of hydrogen-bond acceptors (Lipinski definition) is 5. The number of carbonyl (C=O) groups excluding carboxylic acids is 2. The maximum absolute atomic E-state index is 12.9. The number of ether oxygens (including phenoxy) is 2. The lowest BCUT2D eigenvalue weighted by Gasteiger charge is -2.09. The Morgan fingerprint density at radius 2 is 1.72 bits per heavy atom. The van der Waals surface area contributed by atoms with Crippen molar-refractivity contribution in [1.29, 1.82) is 0 Å². The SMILES string of the molecule is CNC(=O)Oc1cc(Oc2cccc(-c3c[nH]c(C(=O)Nc4cccc(C(F)(F)F)c4)c3)c2)ccn1. The Morgan fingerprint density at radius 3 is 2.50 bits per heavy atom. The highest BCUT2D eigenvalue weighted by atomic mass is 19.4. The Hall–Kier alpha value is -4.80. The molecule has 0 unspecified atom stereocenters. The maximum atomic E-state index is 12.9. The first-order valence-electron chi connectivity index (χ1n) is 10.5. The van der Waals surface area contributed by atoms with E-state index in [4.69, 9.17) is 9.47 Å². The third kappa shape index (κ3) is 6.00. The number of halogens is 3. The molecule has 184 valence electrons. The minimum atomic E-state index is -4.51. The molecular formula is C25H19F3N4O4. The summed E-state index contributed by atoms with van der Waals surface area (Å²) in [7, 11) is 1.43. The zero-order valence-electron chi connectivity index (χ0n) is 18.7. The first-order valence-corrected chi connectivity index (χ1v) is 10.5. The number of alkyl halides is 3. The fourth-order valence-corrected chi connectivity index (χ4v) is 3.20. The summed E-state index contributed by atoms with van der Waals surface area (Å²) in [6.45, 7) is 0. The lowest BCUT2D eigenvalue weighted by atomic mass is 10.1. The molecule has 2 amide bonds. The molecule has 0 saturated heterocycles. The van der Waals surface area contributed by atoms with E-state index in [9.17, 15) is 22.8 Å². The van der Waals surface area contributed by atoms with Gasteiger partial charge in [0.05, 0.1) is 5.56 Å². The second-order valence-corrected chi connectivity index (χ2v) is 7.43. The first-order chi connectivity index (χ1) is 17.2. The van der Waals surface area contributed by atoms with E-state index in [0.29, 0.717) is 17.1 Å². The zero-order valence-corrected chi connectivity index (χ0v) is 18.7. The predicted octanol–water partition coefficient (Wildman–Crippen LogP) is 5.86. The summed E-state index contributed by atoms with van der Waals surface area (Å²) < 4.78 is 49.6. The van der Waals surface area contributed by atoms with Crippen molar-refractivity contribution < 1.29 is 32.2 Å². The van der Waals surface area contributed by atoms with Crippen LogP contribution < -0.4 is 20.1 Å². The Balaban J connectivity index is 1.47. The molecule has 0 radical (unpaired) electrons. The van der Waals surface area contributed by atoms with Crippen LogP contribution in [0.15, 0.2) is 79.1 Å². The quantitative estimate of drug-likeness (QED) is 0.310. The van der Waals surface area contributed by atoms with E-state index in [1.165, 1.54) is 31.4 Å². The van der Waals surface area contributed by atoms with Gasteiger partial charge >= 0.3 is 12.3 Å². The van der Waals surface area contributed by atoms with Gasteiger partial charge in [-0.3, -0.25) is 4.79 Å². The number of nitrogens with one attached hydrogen (secondary N) is 3. The topological polar surface area (TPSA) is 105 Å². The third-order valence-corrected chi connectivity index (χ3v) is 4.89. The van der Waals surface area contributed by atoms with Gasteiger partial charge in [-0.15, -0.1) is 0 Å². The van der Waals surface area contributed by atoms with Crippen molar-refractivity contribution in [1.82, 2.24) is 15.3 Å². The van der Waals surface area contributed by atoms with Gasteiger partial charge in [0.15, 0.2) is 0 Å². The average Bonchev–Trinajstić information content (AvgIpc) is 3.35. The number of benzene rings is 2. The molecule has 4 aromatic rings. The summed E-state index contributed by atoms with van der Waals surface area (Å²) in [4.78, 5) is 30.7. The van der Waals surface area contributed by atoms with E-state index in [1.54, 1.807) is 42.6 Å². The number of rotatable bonds is 6. The van der Waals surface area contributed by atoms with Gasteiger partial charge in [0.1, 0.15) is 17.2 Å². The van der Waals surface area contributed by atoms with Crippen molar-refractivity contribution in [3.05, 3.63) is 90.4 Å². The molecule has 3 N–H and O–H groups in total. The van der Waals surface area contributed by atoms with Crippen LogP contribution in [-0.4, -0.2) is 29.0 Å². The van der Waals surface area contributed by atoms with Gasteiger partial charge in [-0.05, 0) is 48.0 Å². The third-order valence-electron chi connectivity index (χ3n) is 4.89. The van der Waals surface area contributed by atoms with Crippen LogP contribution in [0, 0.1) is 0 Å². The minimum Gasteiger partial charge on any atom is -0.457 e. The molecule has 2 heterocycles. The van der Waals surface area contributed by atoms with E-state index in [1.807, 2.05) is 0 Å². The van der Waals surface area contributed by atoms with Crippen LogP contribution in [0.25, 0.3) is 11.1 Å². The zero-order chi connectivity index (χ0) is 25.7. The van der Waals surface area contributed by atoms with Crippen molar-refractivity contribution in [2.75, 3.05) is 12.4 Å². The van der Waals surface area contributed by atoms with Crippen molar-refractivity contribution in [2.45, 2.75) is 6.18 Å². The van der Waals surface area contributed by atoms with Crippen LogP contribution >= 0.6 is 0 Å². The molecule has 0 saturated carbocycles. The molecule has 36 heavy (non-hydrogen) atoms. The minimum absolute atomic E-state index is 0.0264. The monoisotopic (exact) mass is 496 g/mol. The number of hydrogen-bond donors (Lipinski definition) is 3. The van der Waals surface area contributed by atoms with Crippen molar-refractivity contribution in [3.8, 4) is 28.5 Å². The number of aromatic amines is 1. The van der Waals surface area contributed by atoms with Crippen LogP contribution in [0.1, 0.15) is 16.1 Å². The molecule has 2 aromatic heterocycles. The van der Waals surface area contributed by atoms with Crippen molar-refractivity contribution in [2.24, 2.45) is 0 Å². The molecule has 0 fully saturated rings. The summed E-state index contributed by atoms with van der Waals surface area (Å²) in [6, 6.07) is 16.0. The van der Waals surface area contributed by atoms with Gasteiger partial charge in [0.25, 0.3) is 5.91 Å². The number of nitrogens with zero attached hydrogens (tertiary/aromatic N) is 1. The maximum Gasteiger partial charge on any atom is 0.416 e. The Labute approximate surface area is 203 Å². The molecule has 4 rings (SSSR count). The first kappa shape index (κ1) is 24.3. The van der Waals surface area contributed by atoms with Gasteiger partial charge < -0.3 is 25.1 Å². The van der Waals surface area contributed by atoms with E-state index in [-0.39, 0.29) is 17.3 Å². The van der Waals surface area contributed by atoms with Crippen molar-refractivity contribution in [3.63, 3.8) is 0 Å². The fraction of sp³-hybridized carbons (Fsp3) is 0.0800. The van der Waals surface area contributed by atoms with E-state index < -0.39 is 23.7 Å². The van der Waals surface area contributed by atoms with Crippen LogP contribution in [0.2, 0.25) is 0 Å². The highest BCUT2D eigenvalue weighted by Crippen LogP contribution is 2.31. The van der Waals surface area contributed by atoms with Crippen LogP contribution in [0.5, 0.6) is 17.4 Å². The summed E-state index contributed by atoms with van der Waals surface area (Å²) in [6.07, 6.45) is -2.15. The summed E-state index contributed by atoms with van der Waals surface area (Å²) >= 11 is 0. The van der Waals surface area contributed by atoms with Gasteiger partial charge in [-0.2, -0.15) is 13.2 Å². The van der Waals surface area contributed by atoms with Gasteiger partial charge in [0, 0.05) is 36.8 Å². The molecule has 0 atom stereocenters. The number of anilines is 1. The molecule has 0 aliphatic heterocycles. The molecule has 11 heteroatoms. The fourth-order valence-electron chi connectivity index (χ4n) is 3.20. The molecule has 0 bridgehead atoms. The standard InChI is InChI=1S/C25H19F3N4O4/c1-29-24(34)36-22-13-20(8-9-30-22)35-19-7-2-4-15(10-19)16-11-21(31-14-16)23(33)32-18-6-3-5-17(12-18)25(26,27)28/h2-14,31H,1H3,(H,29,34)(H,32,33). The highest BCUT2D eigenvalue weighted by molar-refractivity contribution is 6.03. The Morgan fingerprint density at radius 1 is 0.944 bits per heavy atom.